The van der Waals surface area contributed by atoms with Crippen molar-refractivity contribution >= 4 is 0 Å². The largest absolute Gasteiger partial charge is 0.245 e. The molecule has 44 heavy (non-hydrogen) atoms. The van der Waals surface area contributed by atoms with Crippen molar-refractivity contribution in [2.75, 3.05) is 0 Å². The van der Waals surface area contributed by atoms with E-state index in [-0.39, 0.29) is 10.8 Å². The molecule has 0 aliphatic rings. The number of rotatable bonds is 5. The summed E-state index contributed by atoms with van der Waals surface area (Å²) in [6.07, 6.45) is 3.38. The predicted molar refractivity (Wildman–Crippen MR) is 182 cm³/mol. The molecule has 0 unspecified atom stereocenters. The molecule has 0 fully saturated rings. The number of nitrogens with zero attached hydrogens (tertiary/aromatic N) is 4. The fourth-order valence-electron chi connectivity index (χ4n) is 5.28. The van der Waals surface area contributed by atoms with Gasteiger partial charge in [0.2, 0.25) is 0 Å². The number of hydrogen-bond donors (Lipinski definition) is 0. The van der Waals surface area contributed by atoms with Gasteiger partial charge in [-0.15, -0.1) is 0 Å². The van der Waals surface area contributed by atoms with Crippen LogP contribution in [0.15, 0.2) is 122 Å². The molecule has 0 atom stereocenters. The fraction of sp³-hybridized carbons (Fsp3) is 0.200. The van der Waals surface area contributed by atoms with Crippen molar-refractivity contribution in [1.82, 2.24) is 19.9 Å². The molecule has 4 nitrogen and oxygen atoms in total. The van der Waals surface area contributed by atoms with Gasteiger partial charge in [0.05, 0.1) is 17.1 Å². The second-order valence-electron chi connectivity index (χ2n) is 13.4. The van der Waals surface area contributed by atoms with Crippen LogP contribution < -0.4 is 0 Å². The van der Waals surface area contributed by atoms with Gasteiger partial charge in [-0.1, -0.05) is 120 Å². The first-order valence-electron chi connectivity index (χ1n) is 15.1. The summed E-state index contributed by atoms with van der Waals surface area (Å²) in [5.74, 6) is 0.672. The third-order valence-electron chi connectivity index (χ3n) is 7.93. The Morgan fingerprint density at radius 3 is 1.43 bits per heavy atom. The van der Waals surface area contributed by atoms with Gasteiger partial charge >= 0.3 is 0 Å². The van der Waals surface area contributed by atoms with Gasteiger partial charge in [-0.3, -0.25) is 0 Å². The molecule has 0 bridgehead atoms. The maximum absolute atomic E-state index is 5.14. The minimum Gasteiger partial charge on any atom is -0.245 e. The summed E-state index contributed by atoms with van der Waals surface area (Å²) in [5.41, 5.74) is 11.5. The van der Waals surface area contributed by atoms with E-state index in [2.05, 4.69) is 118 Å². The van der Waals surface area contributed by atoms with E-state index in [0.29, 0.717) is 5.82 Å². The molecule has 6 rings (SSSR count). The quantitative estimate of drug-likeness (QED) is 0.206. The highest BCUT2D eigenvalue weighted by Gasteiger charge is 2.22. The number of hydrogen-bond acceptors (Lipinski definition) is 4. The smallest absolute Gasteiger partial charge is 0.160 e. The molecule has 4 heteroatoms. The summed E-state index contributed by atoms with van der Waals surface area (Å²) in [7, 11) is 0. The molecule has 218 valence electrons. The van der Waals surface area contributed by atoms with Crippen LogP contribution in [0, 0.1) is 0 Å². The molecule has 6 aromatic rings. The normalized spacial score (nSPS) is 11.9. The minimum atomic E-state index is 0.000810. The van der Waals surface area contributed by atoms with E-state index in [1.807, 2.05) is 42.5 Å². The first-order chi connectivity index (χ1) is 21.0. The third kappa shape index (κ3) is 6.35. The van der Waals surface area contributed by atoms with Gasteiger partial charge in [0.25, 0.3) is 0 Å². The fourth-order valence-corrected chi connectivity index (χ4v) is 5.28. The molecular formula is C40H38N4. The van der Waals surface area contributed by atoms with Crippen molar-refractivity contribution in [2.24, 2.45) is 0 Å². The maximum atomic E-state index is 5.14. The van der Waals surface area contributed by atoms with E-state index in [1.54, 1.807) is 12.5 Å². The van der Waals surface area contributed by atoms with E-state index in [1.165, 1.54) is 16.7 Å². The lowest BCUT2D eigenvalue weighted by Crippen LogP contribution is -2.16. The summed E-state index contributed by atoms with van der Waals surface area (Å²) in [6, 6.07) is 38.2. The van der Waals surface area contributed by atoms with Crippen LogP contribution in [0.5, 0.6) is 0 Å². The van der Waals surface area contributed by atoms with Gasteiger partial charge in [-0.25, -0.2) is 19.9 Å². The van der Waals surface area contributed by atoms with Crippen molar-refractivity contribution in [3.8, 4) is 56.3 Å². The Labute approximate surface area is 261 Å². The predicted octanol–water partition coefficient (Wildman–Crippen LogP) is 10.2. The van der Waals surface area contributed by atoms with E-state index in [4.69, 9.17) is 9.97 Å². The highest BCUT2D eigenvalue weighted by atomic mass is 14.9. The average Bonchev–Trinajstić information content (AvgIpc) is 3.04. The van der Waals surface area contributed by atoms with E-state index >= 15 is 0 Å². The lowest BCUT2D eigenvalue weighted by Gasteiger charge is -2.26. The molecular weight excluding hydrogens is 536 g/mol. The highest BCUT2D eigenvalue weighted by Crippen LogP contribution is 2.37. The van der Waals surface area contributed by atoms with Crippen LogP contribution in [0.1, 0.15) is 52.7 Å². The number of aromatic nitrogens is 4. The Kier molecular flexibility index (Phi) is 7.69. The molecule has 0 spiro atoms. The molecule has 0 aliphatic carbocycles. The van der Waals surface area contributed by atoms with Crippen LogP contribution >= 0.6 is 0 Å². The Morgan fingerprint density at radius 1 is 0.432 bits per heavy atom. The van der Waals surface area contributed by atoms with Crippen LogP contribution in [0.2, 0.25) is 0 Å². The van der Waals surface area contributed by atoms with Crippen LogP contribution in [-0.4, -0.2) is 19.9 Å². The van der Waals surface area contributed by atoms with Gasteiger partial charge in [0.1, 0.15) is 6.33 Å². The van der Waals surface area contributed by atoms with E-state index < -0.39 is 0 Å². The van der Waals surface area contributed by atoms with Gasteiger partial charge in [-0.05, 0) is 63.4 Å². The van der Waals surface area contributed by atoms with Crippen molar-refractivity contribution in [1.29, 1.82) is 0 Å². The maximum Gasteiger partial charge on any atom is 0.160 e. The lowest BCUT2D eigenvalue weighted by molar-refractivity contribution is 0.569. The first-order valence-corrected chi connectivity index (χ1v) is 15.1. The average molecular weight is 575 g/mol. The van der Waals surface area contributed by atoms with Gasteiger partial charge < -0.3 is 0 Å². The molecule has 0 saturated carbocycles. The second-order valence-corrected chi connectivity index (χ2v) is 13.4. The van der Waals surface area contributed by atoms with Gasteiger partial charge in [-0.2, -0.15) is 0 Å². The molecule has 0 radical (unpaired) electrons. The van der Waals surface area contributed by atoms with Crippen LogP contribution in [0.25, 0.3) is 56.3 Å². The molecule has 2 aromatic heterocycles. The van der Waals surface area contributed by atoms with Crippen molar-refractivity contribution < 1.29 is 0 Å². The molecule has 0 saturated heterocycles. The Hall–Kier alpha value is -4.96. The van der Waals surface area contributed by atoms with Crippen LogP contribution in [-0.2, 0) is 10.8 Å². The molecule has 2 heterocycles. The zero-order chi connectivity index (χ0) is 30.9. The lowest BCUT2D eigenvalue weighted by atomic mass is 9.78. The zero-order valence-corrected chi connectivity index (χ0v) is 26.3. The summed E-state index contributed by atoms with van der Waals surface area (Å²) in [6.45, 7) is 13.6. The third-order valence-corrected chi connectivity index (χ3v) is 7.93. The summed E-state index contributed by atoms with van der Waals surface area (Å²) in [4.78, 5) is 19.1. The van der Waals surface area contributed by atoms with Crippen molar-refractivity contribution in [3.63, 3.8) is 0 Å². The molecule has 0 aliphatic heterocycles. The molecule has 0 amide bonds. The second kappa shape index (κ2) is 11.6. The standard InChI is InChI=1S/C40H38N4/c1-39(2,3)33-22-30(23-34(24-33)40(4,5)6)29-19-31(35-17-18-41-26-42-35)21-32(20-29)38-43-36(27-13-9-7-10-14-27)25-37(44-38)28-15-11-8-12-16-28/h7-26H,1-6H3. The Morgan fingerprint density at radius 2 is 0.932 bits per heavy atom. The van der Waals surface area contributed by atoms with Crippen molar-refractivity contribution in [3.05, 3.63) is 133 Å². The number of benzene rings is 4. The van der Waals surface area contributed by atoms with Gasteiger partial charge in [0, 0.05) is 28.5 Å². The Bertz CT molecular complexity index is 1810. The highest BCUT2D eigenvalue weighted by molar-refractivity contribution is 5.80. The molecule has 0 N–H and O–H groups in total. The van der Waals surface area contributed by atoms with Crippen LogP contribution in [0.3, 0.4) is 0 Å². The Balaban J connectivity index is 1.61. The minimum absolute atomic E-state index is 0.000810. The summed E-state index contributed by atoms with van der Waals surface area (Å²) >= 11 is 0. The monoisotopic (exact) mass is 574 g/mol. The van der Waals surface area contributed by atoms with E-state index in [9.17, 15) is 0 Å². The summed E-state index contributed by atoms with van der Waals surface area (Å²) in [5, 5.41) is 0. The topological polar surface area (TPSA) is 51.6 Å². The first kappa shape index (κ1) is 29.1. The van der Waals surface area contributed by atoms with Crippen molar-refractivity contribution in [2.45, 2.75) is 52.4 Å². The zero-order valence-electron chi connectivity index (χ0n) is 26.3. The van der Waals surface area contributed by atoms with Gasteiger partial charge in [0.15, 0.2) is 5.82 Å². The summed E-state index contributed by atoms with van der Waals surface area (Å²) < 4.78 is 0. The SMILES string of the molecule is CC(C)(C)c1cc(-c2cc(-c3ccncn3)cc(-c3nc(-c4ccccc4)cc(-c4ccccc4)n3)c2)cc(C(C)(C)C)c1. The van der Waals surface area contributed by atoms with E-state index in [0.717, 1.165) is 44.9 Å². The molecule has 4 aromatic carbocycles. The van der Waals surface area contributed by atoms with Crippen LogP contribution in [0.4, 0.5) is 0 Å².